The third-order valence-electron chi connectivity index (χ3n) is 5.50. The van der Waals surface area contributed by atoms with E-state index in [1.807, 2.05) is 18.2 Å². The zero-order valence-electron chi connectivity index (χ0n) is 18.7. The highest BCUT2D eigenvalue weighted by molar-refractivity contribution is 6.05. The Kier molecular flexibility index (Phi) is 6.26. The van der Waals surface area contributed by atoms with Gasteiger partial charge in [-0.1, -0.05) is 24.3 Å². The molecule has 0 spiro atoms. The summed E-state index contributed by atoms with van der Waals surface area (Å²) in [5.74, 6) is 1.04. The fourth-order valence-electron chi connectivity index (χ4n) is 3.91. The summed E-state index contributed by atoms with van der Waals surface area (Å²) in [6, 6.07) is 16.4. The second kappa shape index (κ2) is 9.28. The number of halogens is 1. The van der Waals surface area contributed by atoms with Crippen molar-refractivity contribution in [1.82, 2.24) is 0 Å². The van der Waals surface area contributed by atoms with Gasteiger partial charge < -0.3 is 23.7 Å². The Morgan fingerprint density at radius 1 is 0.788 bits per heavy atom. The molecule has 33 heavy (non-hydrogen) atoms. The SMILES string of the molecule is COc1ccc([C@@H]2[C@@H](Oc3ccccc3)C(=O)N2c2cc(OC)c(OC)c(OC)c2)cc1F. The van der Waals surface area contributed by atoms with Crippen molar-refractivity contribution in [2.75, 3.05) is 33.3 Å². The van der Waals surface area contributed by atoms with Crippen LogP contribution in [0.1, 0.15) is 11.6 Å². The van der Waals surface area contributed by atoms with Crippen molar-refractivity contribution in [2.24, 2.45) is 0 Å². The molecule has 3 aromatic rings. The van der Waals surface area contributed by atoms with Crippen LogP contribution in [0.3, 0.4) is 0 Å². The van der Waals surface area contributed by atoms with Crippen LogP contribution < -0.4 is 28.6 Å². The maximum atomic E-state index is 14.6. The summed E-state index contributed by atoms with van der Waals surface area (Å²) in [4.78, 5) is 14.8. The summed E-state index contributed by atoms with van der Waals surface area (Å²) in [6.45, 7) is 0. The van der Waals surface area contributed by atoms with Crippen LogP contribution in [0.5, 0.6) is 28.7 Å². The molecule has 8 heteroatoms. The van der Waals surface area contributed by atoms with Crippen molar-refractivity contribution in [3.8, 4) is 28.7 Å². The molecule has 1 aliphatic heterocycles. The second-order valence-electron chi connectivity index (χ2n) is 7.28. The lowest BCUT2D eigenvalue weighted by Crippen LogP contribution is -2.61. The maximum absolute atomic E-state index is 14.6. The molecule has 1 aliphatic rings. The smallest absolute Gasteiger partial charge is 0.271 e. The minimum absolute atomic E-state index is 0.115. The third kappa shape index (κ3) is 4.00. The van der Waals surface area contributed by atoms with Gasteiger partial charge in [0, 0.05) is 12.1 Å². The van der Waals surface area contributed by atoms with E-state index in [0.717, 1.165) is 0 Å². The number of rotatable bonds is 8. The van der Waals surface area contributed by atoms with Gasteiger partial charge in [-0.15, -0.1) is 0 Å². The van der Waals surface area contributed by atoms with Gasteiger partial charge in [0.15, 0.2) is 23.1 Å². The molecule has 1 saturated heterocycles. The molecule has 0 saturated carbocycles. The molecule has 1 heterocycles. The number of hydrogen-bond acceptors (Lipinski definition) is 6. The van der Waals surface area contributed by atoms with E-state index in [-0.39, 0.29) is 11.7 Å². The van der Waals surface area contributed by atoms with E-state index in [4.69, 9.17) is 23.7 Å². The summed E-state index contributed by atoms with van der Waals surface area (Å²) >= 11 is 0. The minimum atomic E-state index is -0.848. The van der Waals surface area contributed by atoms with E-state index >= 15 is 0 Å². The first kappa shape index (κ1) is 22.3. The molecule has 1 fully saturated rings. The van der Waals surface area contributed by atoms with Gasteiger partial charge in [-0.2, -0.15) is 0 Å². The number of amides is 1. The molecule has 0 aliphatic carbocycles. The fraction of sp³-hybridized carbons (Fsp3) is 0.240. The van der Waals surface area contributed by atoms with E-state index in [1.54, 1.807) is 30.3 Å². The average Bonchev–Trinajstić information content (AvgIpc) is 2.85. The van der Waals surface area contributed by atoms with Crippen molar-refractivity contribution in [3.05, 3.63) is 72.0 Å². The van der Waals surface area contributed by atoms with Gasteiger partial charge in [0.25, 0.3) is 5.91 Å². The number of benzene rings is 3. The summed E-state index contributed by atoms with van der Waals surface area (Å²) in [5.41, 5.74) is 1.06. The van der Waals surface area contributed by atoms with Crippen LogP contribution in [0.15, 0.2) is 60.7 Å². The molecule has 0 N–H and O–H groups in total. The number of β-lactam (4-membered cyclic amide) rings is 1. The first-order chi connectivity index (χ1) is 16.0. The molecule has 7 nitrogen and oxygen atoms in total. The predicted octanol–water partition coefficient (Wildman–Crippen LogP) is 4.40. The number of para-hydroxylation sites is 1. The van der Waals surface area contributed by atoms with Gasteiger partial charge >= 0.3 is 0 Å². The standard InChI is InChI=1S/C25H24FNO6/c1-29-19-11-10-15(12-18(19)26)22-24(33-17-8-6-5-7-9-17)25(28)27(22)16-13-20(30-2)23(32-4)21(14-16)31-3/h5-14,22,24H,1-4H3/t22-,24-/m1/s1. The van der Waals surface area contributed by atoms with Crippen molar-refractivity contribution in [2.45, 2.75) is 12.1 Å². The lowest BCUT2D eigenvalue weighted by atomic mass is 9.89. The zero-order chi connectivity index (χ0) is 23.5. The molecular weight excluding hydrogens is 429 g/mol. The number of anilines is 1. The molecule has 0 unspecified atom stereocenters. The van der Waals surface area contributed by atoms with Crippen LogP contribution in [0.4, 0.5) is 10.1 Å². The highest BCUT2D eigenvalue weighted by Gasteiger charge is 2.51. The van der Waals surface area contributed by atoms with E-state index in [2.05, 4.69) is 0 Å². The Balaban J connectivity index is 1.78. The number of ether oxygens (including phenoxy) is 5. The summed E-state index contributed by atoms with van der Waals surface area (Å²) in [5, 5.41) is 0. The molecule has 3 aromatic carbocycles. The van der Waals surface area contributed by atoms with Crippen molar-refractivity contribution < 1.29 is 32.9 Å². The van der Waals surface area contributed by atoms with Crippen LogP contribution in [0, 0.1) is 5.82 Å². The average molecular weight is 453 g/mol. The number of hydrogen-bond donors (Lipinski definition) is 0. The van der Waals surface area contributed by atoms with Crippen LogP contribution in [0.2, 0.25) is 0 Å². The van der Waals surface area contributed by atoms with Crippen molar-refractivity contribution >= 4 is 11.6 Å². The van der Waals surface area contributed by atoms with Gasteiger partial charge in [0.1, 0.15) is 11.8 Å². The Morgan fingerprint density at radius 3 is 1.97 bits per heavy atom. The fourth-order valence-corrected chi connectivity index (χ4v) is 3.91. The Labute approximate surface area is 191 Å². The highest BCUT2D eigenvalue weighted by atomic mass is 19.1. The molecule has 1 amide bonds. The van der Waals surface area contributed by atoms with Crippen LogP contribution in [-0.4, -0.2) is 40.5 Å². The van der Waals surface area contributed by atoms with Crippen LogP contribution >= 0.6 is 0 Å². The van der Waals surface area contributed by atoms with Crippen molar-refractivity contribution in [1.29, 1.82) is 0 Å². The molecule has 172 valence electrons. The first-order valence-electron chi connectivity index (χ1n) is 10.2. The highest BCUT2D eigenvalue weighted by Crippen LogP contribution is 2.47. The normalized spacial score (nSPS) is 17.2. The quantitative estimate of drug-likeness (QED) is 0.471. The number of carbonyl (C=O) groups excluding carboxylic acids is 1. The van der Waals surface area contributed by atoms with Gasteiger partial charge in [-0.05, 0) is 29.8 Å². The Morgan fingerprint density at radius 2 is 1.42 bits per heavy atom. The third-order valence-corrected chi connectivity index (χ3v) is 5.50. The van der Waals surface area contributed by atoms with E-state index in [0.29, 0.717) is 34.2 Å². The lowest BCUT2D eigenvalue weighted by Gasteiger charge is -2.46. The molecule has 0 bridgehead atoms. The summed E-state index contributed by atoms with van der Waals surface area (Å²) < 4.78 is 41.9. The topological polar surface area (TPSA) is 66.5 Å². The Hall–Kier alpha value is -3.94. The summed E-state index contributed by atoms with van der Waals surface area (Å²) in [7, 11) is 5.89. The molecule has 4 rings (SSSR count). The van der Waals surface area contributed by atoms with Crippen LogP contribution in [-0.2, 0) is 4.79 Å². The van der Waals surface area contributed by atoms with Gasteiger partial charge in [-0.25, -0.2) is 4.39 Å². The van der Waals surface area contributed by atoms with E-state index in [1.165, 1.54) is 45.5 Å². The molecule has 2 atom stereocenters. The van der Waals surface area contributed by atoms with Gasteiger partial charge in [0.2, 0.25) is 11.9 Å². The van der Waals surface area contributed by atoms with E-state index < -0.39 is 18.0 Å². The molecule has 0 radical (unpaired) electrons. The van der Waals surface area contributed by atoms with Crippen LogP contribution in [0.25, 0.3) is 0 Å². The maximum Gasteiger partial charge on any atom is 0.271 e. The lowest BCUT2D eigenvalue weighted by molar-refractivity contribution is -0.135. The van der Waals surface area contributed by atoms with Gasteiger partial charge in [-0.3, -0.25) is 9.69 Å². The second-order valence-corrected chi connectivity index (χ2v) is 7.28. The minimum Gasteiger partial charge on any atom is -0.494 e. The Bertz CT molecular complexity index is 1130. The summed E-state index contributed by atoms with van der Waals surface area (Å²) in [6.07, 6.45) is -0.848. The predicted molar refractivity (Wildman–Crippen MR) is 120 cm³/mol. The molecular formula is C25H24FNO6. The number of methoxy groups -OCH3 is 4. The largest absolute Gasteiger partial charge is 0.494 e. The number of nitrogens with zero attached hydrogens (tertiary/aromatic N) is 1. The number of carbonyl (C=O) groups is 1. The van der Waals surface area contributed by atoms with Gasteiger partial charge in [0.05, 0.1) is 34.1 Å². The monoisotopic (exact) mass is 453 g/mol. The molecule has 0 aromatic heterocycles. The van der Waals surface area contributed by atoms with Crippen molar-refractivity contribution in [3.63, 3.8) is 0 Å². The van der Waals surface area contributed by atoms with E-state index in [9.17, 15) is 9.18 Å². The zero-order valence-corrected chi connectivity index (χ0v) is 18.7. The first-order valence-corrected chi connectivity index (χ1v) is 10.2.